The molecule has 3 saturated carbocycles. The van der Waals surface area contributed by atoms with Crippen molar-refractivity contribution in [3.05, 3.63) is 35.5 Å². The Hall–Kier alpha value is -1.34. The molecule has 3 fully saturated rings. The molecule has 7 atom stereocenters. The van der Waals surface area contributed by atoms with E-state index in [1.807, 2.05) is 13.8 Å². The first kappa shape index (κ1) is 25.3. The van der Waals surface area contributed by atoms with Crippen LogP contribution in [0.1, 0.15) is 85.5 Å². The molecule has 3 rings (SSSR count). The van der Waals surface area contributed by atoms with Gasteiger partial charge in [-0.3, -0.25) is 0 Å². The van der Waals surface area contributed by atoms with Crippen LogP contribution in [0, 0.1) is 41.4 Å². The molecule has 0 aromatic rings. The second kappa shape index (κ2) is 9.88. The summed E-state index contributed by atoms with van der Waals surface area (Å²) in [6, 6.07) is 0. The molecule has 0 aromatic heterocycles. The van der Waals surface area contributed by atoms with Gasteiger partial charge in [0.05, 0.1) is 17.8 Å². The molecule has 3 nitrogen and oxygen atoms in total. The first-order valence-electron chi connectivity index (χ1n) is 12.6. The highest BCUT2D eigenvalue weighted by Gasteiger charge is 2.52. The highest BCUT2D eigenvalue weighted by atomic mass is 16.3. The van der Waals surface area contributed by atoms with Gasteiger partial charge in [-0.15, -0.1) is 12.3 Å². The predicted molar refractivity (Wildman–Crippen MR) is 132 cm³/mol. The van der Waals surface area contributed by atoms with Crippen molar-refractivity contribution in [2.24, 2.45) is 29.1 Å². The molecule has 3 aliphatic rings. The minimum Gasteiger partial charge on any atom is -0.393 e. The minimum absolute atomic E-state index is 0.205. The van der Waals surface area contributed by atoms with E-state index >= 15 is 0 Å². The molecule has 3 aliphatic carbocycles. The quantitative estimate of drug-likeness (QED) is 0.474. The molecule has 3 N–H and O–H groups in total. The minimum atomic E-state index is -0.654. The van der Waals surface area contributed by atoms with Crippen LogP contribution in [0.15, 0.2) is 35.5 Å². The highest BCUT2D eigenvalue weighted by molar-refractivity contribution is 5.39. The zero-order valence-corrected chi connectivity index (χ0v) is 20.6. The highest BCUT2D eigenvalue weighted by Crippen LogP contribution is 2.61. The third kappa shape index (κ3) is 5.58. The molecule has 0 amide bonds. The number of hydrogen-bond donors (Lipinski definition) is 3. The van der Waals surface area contributed by atoms with Crippen LogP contribution in [0.25, 0.3) is 0 Å². The van der Waals surface area contributed by atoms with Crippen molar-refractivity contribution in [3.8, 4) is 12.3 Å². The summed E-state index contributed by atoms with van der Waals surface area (Å²) in [5, 5.41) is 30.3. The maximum absolute atomic E-state index is 10.2. The SMILES string of the molecule is C#C[C@H]1C/C(=C\C=C2\C[C@@H](O)C[C@H](O)C2=C)[C@@H]2CC[C@H]([C@H](C)CCCC(C)(C)O)[C@@]2(C)C1. The van der Waals surface area contributed by atoms with Gasteiger partial charge in [0.1, 0.15) is 0 Å². The summed E-state index contributed by atoms with van der Waals surface area (Å²) < 4.78 is 0. The Bertz CT molecular complexity index is 792. The van der Waals surface area contributed by atoms with Crippen molar-refractivity contribution in [1.82, 2.24) is 0 Å². The molecule has 32 heavy (non-hydrogen) atoms. The third-order valence-corrected chi connectivity index (χ3v) is 8.66. The molecule has 0 unspecified atom stereocenters. The van der Waals surface area contributed by atoms with Gasteiger partial charge in [-0.2, -0.15) is 0 Å². The molecular weight excluding hydrogens is 396 g/mol. The maximum Gasteiger partial charge on any atom is 0.0811 e. The first-order valence-corrected chi connectivity index (χ1v) is 12.6. The molecule has 0 heterocycles. The van der Waals surface area contributed by atoms with Crippen molar-refractivity contribution >= 4 is 0 Å². The van der Waals surface area contributed by atoms with Crippen LogP contribution >= 0.6 is 0 Å². The van der Waals surface area contributed by atoms with Gasteiger partial charge in [0.15, 0.2) is 0 Å². The number of aliphatic hydroxyl groups excluding tert-OH is 2. The predicted octanol–water partition coefficient (Wildman–Crippen LogP) is 5.56. The summed E-state index contributed by atoms with van der Waals surface area (Å²) in [6.45, 7) is 12.7. The van der Waals surface area contributed by atoms with Gasteiger partial charge in [-0.25, -0.2) is 0 Å². The Morgan fingerprint density at radius 3 is 2.62 bits per heavy atom. The number of hydrogen-bond acceptors (Lipinski definition) is 3. The van der Waals surface area contributed by atoms with Crippen LogP contribution < -0.4 is 0 Å². The second-order valence-electron chi connectivity index (χ2n) is 11.8. The van der Waals surface area contributed by atoms with Gasteiger partial charge in [-0.1, -0.05) is 51.0 Å². The molecule has 0 aliphatic heterocycles. The van der Waals surface area contributed by atoms with Crippen molar-refractivity contribution in [1.29, 1.82) is 0 Å². The number of aliphatic hydroxyl groups is 3. The molecule has 3 heteroatoms. The fourth-order valence-corrected chi connectivity index (χ4v) is 6.96. The zero-order chi connectivity index (χ0) is 23.7. The Kier molecular flexibility index (Phi) is 7.81. The lowest BCUT2D eigenvalue weighted by Crippen LogP contribution is -2.39. The summed E-state index contributed by atoms with van der Waals surface area (Å²) in [6.07, 6.45) is 17.6. The summed E-state index contributed by atoms with van der Waals surface area (Å²) >= 11 is 0. The van der Waals surface area contributed by atoms with Crippen LogP contribution in [0.5, 0.6) is 0 Å². The largest absolute Gasteiger partial charge is 0.393 e. The smallest absolute Gasteiger partial charge is 0.0811 e. The Morgan fingerprint density at radius 1 is 1.25 bits per heavy atom. The first-order chi connectivity index (χ1) is 14.9. The van der Waals surface area contributed by atoms with E-state index in [9.17, 15) is 15.3 Å². The summed E-state index contributed by atoms with van der Waals surface area (Å²) in [7, 11) is 0. The van der Waals surface area contributed by atoms with Gasteiger partial charge in [0.25, 0.3) is 0 Å². The topological polar surface area (TPSA) is 60.7 Å². The van der Waals surface area contributed by atoms with Crippen LogP contribution in [0.2, 0.25) is 0 Å². The molecule has 0 spiro atoms. The number of fused-ring (bicyclic) bond motifs is 1. The van der Waals surface area contributed by atoms with Crippen molar-refractivity contribution in [2.75, 3.05) is 0 Å². The second-order valence-corrected chi connectivity index (χ2v) is 11.8. The molecule has 178 valence electrons. The van der Waals surface area contributed by atoms with E-state index in [1.165, 1.54) is 18.4 Å². The Labute approximate surface area is 195 Å². The van der Waals surface area contributed by atoms with Crippen LogP contribution in [0.4, 0.5) is 0 Å². The van der Waals surface area contributed by atoms with Crippen molar-refractivity contribution in [3.63, 3.8) is 0 Å². The van der Waals surface area contributed by atoms with Crippen LogP contribution in [-0.2, 0) is 0 Å². The molecule has 0 bridgehead atoms. The third-order valence-electron chi connectivity index (χ3n) is 8.66. The van der Waals surface area contributed by atoms with Crippen LogP contribution in [-0.4, -0.2) is 33.1 Å². The Morgan fingerprint density at radius 2 is 1.97 bits per heavy atom. The van der Waals surface area contributed by atoms with E-state index in [2.05, 4.69) is 38.5 Å². The van der Waals surface area contributed by atoms with Crippen molar-refractivity contribution in [2.45, 2.75) is 103 Å². The average Bonchev–Trinajstić information content (AvgIpc) is 3.05. The fraction of sp³-hybridized carbons (Fsp3) is 0.724. The lowest BCUT2D eigenvalue weighted by atomic mass is 9.58. The van der Waals surface area contributed by atoms with E-state index in [0.29, 0.717) is 30.6 Å². The molecule has 0 radical (unpaired) electrons. The van der Waals surface area contributed by atoms with E-state index in [1.54, 1.807) is 0 Å². The molecule has 0 aromatic carbocycles. The van der Waals surface area contributed by atoms with E-state index in [4.69, 9.17) is 6.42 Å². The van der Waals surface area contributed by atoms with Crippen LogP contribution in [0.3, 0.4) is 0 Å². The normalized spacial score (nSPS) is 39.2. The summed E-state index contributed by atoms with van der Waals surface area (Å²) in [5.74, 6) is 5.13. The maximum atomic E-state index is 10.2. The van der Waals surface area contributed by atoms with Crippen molar-refractivity contribution < 1.29 is 15.3 Å². The standard InChI is InChI=1S/C29H44O3/c1-7-21-15-23(11-10-22-16-24(30)17-27(31)20(22)3)26-13-12-25(29(26,6)18-21)19(2)9-8-14-28(4,5)32/h1,10-11,19,21,24-27,30-32H,3,8-9,12-18H2,2,4-6H3/b22-10-,23-11+/t19-,21+,24-,25-,26+,27+,29-/m1/s1. The molecule has 0 saturated heterocycles. The summed E-state index contributed by atoms with van der Waals surface area (Å²) in [5.41, 5.74) is 2.75. The number of rotatable bonds is 6. The van der Waals surface area contributed by atoms with E-state index in [-0.39, 0.29) is 11.3 Å². The zero-order valence-electron chi connectivity index (χ0n) is 20.6. The van der Waals surface area contributed by atoms with Gasteiger partial charge in [0, 0.05) is 12.3 Å². The van der Waals surface area contributed by atoms with Gasteiger partial charge in [-0.05, 0) is 86.7 Å². The lowest BCUT2D eigenvalue weighted by Gasteiger charge is -2.46. The monoisotopic (exact) mass is 440 g/mol. The lowest BCUT2D eigenvalue weighted by molar-refractivity contribution is 0.0567. The van der Waals surface area contributed by atoms with Gasteiger partial charge in [0.2, 0.25) is 0 Å². The van der Waals surface area contributed by atoms with Gasteiger partial charge < -0.3 is 15.3 Å². The number of allylic oxidation sites excluding steroid dienone is 3. The van der Waals surface area contributed by atoms with E-state index < -0.39 is 17.8 Å². The summed E-state index contributed by atoms with van der Waals surface area (Å²) in [4.78, 5) is 0. The fourth-order valence-electron chi connectivity index (χ4n) is 6.96. The van der Waals surface area contributed by atoms with Gasteiger partial charge >= 0.3 is 0 Å². The van der Waals surface area contributed by atoms with E-state index in [0.717, 1.165) is 43.3 Å². The average molecular weight is 441 g/mol. The molecular formula is C29H44O3. The number of terminal acetylenes is 1. The Balaban J connectivity index is 1.79.